The number of amides is 2. The largest absolute Gasteiger partial charge is 0.444 e. The molecule has 0 bridgehead atoms. The van der Waals surface area contributed by atoms with Gasteiger partial charge in [0, 0.05) is 42.9 Å². The van der Waals surface area contributed by atoms with Crippen LogP contribution in [-0.2, 0) is 16.1 Å². The molecule has 2 N–H and O–H groups in total. The molecule has 0 saturated heterocycles. The number of nitrogens with one attached hydrogen (secondary N) is 2. The third kappa shape index (κ3) is 6.12. The third-order valence-corrected chi connectivity index (χ3v) is 5.39. The monoisotopic (exact) mass is 424 g/mol. The van der Waals surface area contributed by atoms with Crippen molar-refractivity contribution < 1.29 is 14.3 Å². The lowest BCUT2D eigenvalue weighted by molar-refractivity contribution is -0.128. The number of carbonyl (C=O) groups is 2. The minimum atomic E-state index is -0.527. The number of benzene rings is 2. The zero-order valence-electron chi connectivity index (χ0n) is 16.9. The highest BCUT2D eigenvalue weighted by Gasteiger charge is 2.12. The summed E-state index contributed by atoms with van der Waals surface area (Å²) < 4.78 is 5.33. The number of ether oxygens (including phenoxy) is 1. The maximum atomic E-state index is 12.3. The highest BCUT2D eigenvalue weighted by molar-refractivity contribution is 7.99. The Balaban J connectivity index is 1.69. The van der Waals surface area contributed by atoms with Gasteiger partial charge in [-0.05, 0) is 23.3 Å². The molecule has 0 atom stereocenters. The average Bonchev–Trinajstić information content (AvgIpc) is 3.29. The Labute approximate surface area is 179 Å². The summed E-state index contributed by atoms with van der Waals surface area (Å²) in [6.07, 6.45) is 3.42. The number of rotatable bonds is 8. The predicted octanol–water partition coefficient (Wildman–Crippen LogP) is 4.40. The molecule has 156 valence electrons. The van der Waals surface area contributed by atoms with Gasteiger partial charge in [-0.15, -0.1) is 11.8 Å². The fraction of sp³-hybridized carbons (Fsp3) is 0.227. The standard InChI is InChI=1S/C22H24N4O3S/c1-26(2)21(27)10-11-30-20-12-17(18-13-23-24-14-18)8-9-19(20)25-22(28)29-15-16-6-4-3-5-7-16/h3-9,12-14H,10-11,15H2,1-2H3,(H,23,24)(H,25,28). The molecule has 0 radical (unpaired) electrons. The van der Waals surface area contributed by atoms with E-state index in [-0.39, 0.29) is 12.5 Å². The molecule has 1 aromatic heterocycles. The Morgan fingerprint density at radius 1 is 1.13 bits per heavy atom. The van der Waals surface area contributed by atoms with Crippen LogP contribution in [0.25, 0.3) is 11.1 Å². The van der Waals surface area contributed by atoms with Crippen molar-refractivity contribution in [3.63, 3.8) is 0 Å². The van der Waals surface area contributed by atoms with E-state index in [1.54, 1.807) is 31.4 Å². The molecule has 0 aliphatic carbocycles. The number of aromatic amines is 1. The lowest BCUT2D eigenvalue weighted by Gasteiger charge is -2.14. The minimum absolute atomic E-state index is 0.0604. The first kappa shape index (κ1) is 21.4. The Kier molecular flexibility index (Phi) is 7.51. The molecule has 30 heavy (non-hydrogen) atoms. The van der Waals surface area contributed by atoms with Crippen LogP contribution in [0.4, 0.5) is 10.5 Å². The Morgan fingerprint density at radius 3 is 2.63 bits per heavy atom. The van der Waals surface area contributed by atoms with Crippen LogP contribution in [0, 0.1) is 0 Å². The van der Waals surface area contributed by atoms with Gasteiger partial charge >= 0.3 is 6.09 Å². The molecule has 1 heterocycles. The lowest BCUT2D eigenvalue weighted by Crippen LogP contribution is -2.21. The van der Waals surface area contributed by atoms with Gasteiger partial charge in [-0.1, -0.05) is 36.4 Å². The van der Waals surface area contributed by atoms with Gasteiger partial charge in [0.2, 0.25) is 5.91 Å². The molecular formula is C22H24N4O3S. The van der Waals surface area contributed by atoms with Crippen molar-refractivity contribution in [2.24, 2.45) is 0 Å². The molecule has 3 aromatic rings. The van der Waals surface area contributed by atoms with Crippen LogP contribution in [0.3, 0.4) is 0 Å². The predicted molar refractivity (Wildman–Crippen MR) is 118 cm³/mol. The summed E-state index contributed by atoms with van der Waals surface area (Å²) in [5, 5.41) is 9.60. The van der Waals surface area contributed by atoms with Crippen molar-refractivity contribution in [1.82, 2.24) is 15.1 Å². The van der Waals surface area contributed by atoms with E-state index in [4.69, 9.17) is 4.74 Å². The van der Waals surface area contributed by atoms with Crippen LogP contribution in [0.5, 0.6) is 0 Å². The maximum absolute atomic E-state index is 12.3. The molecule has 0 saturated carbocycles. The highest BCUT2D eigenvalue weighted by atomic mass is 32.2. The summed E-state index contributed by atoms with van der Waals surface area (Å²) in [6.45, 7) is 0.194. The first-order valence-electron chi connectivity index (χ1n) is 9.47. The summed E-state index contributed by atoms with van der Waals surface area (Å²) >= 11 is 1.51. The lowest BCUT2D eigenvalue weighted by atomic mass is 10.1. The van der Waals surface area contributed by atoms with Crippen LogP contribution in [0.15, 0.2) is 65.8 Å². The molecule has 0 aliphatic heterocycles. The average molecular weight is 425 g/mol. The Bertz CT molecular complexity index is 975. The highest BCUT2D eigenvalue weighted by Crippen LogP contribution is 2.32. The molecule has 0 unspecified atom stereocenters. The maximum Gasteiger partial charge on any atom is 0.411 e. The number of H-pyrrole nitrogens is 1. The summed E-state index contributed by atoms with van der Waals surface area (Å²) in [5.74, 6) is 0.657. The molecule has 2 aromatic carbocycles. The molecule has 7 nitrogen and oxygen atoms in total. The normalized spacial score (nSPS) is 10.5. The first-order chi connectivity index (χ1) is 14.5. The van der Waals surface area contributed by atoms with Gasteiger partial charge in [-0.25, -0.2) is 4.79 Å². The first-order valence-corrected chi connectivity index (χ1v) is 10.5. The molecule has 3 rings (SSSR count). The molecule has 0 aliphatic rings. The SMILES string of the molecule is CN(C)C(=O)CCSc1cc(-c2cn[nH]c2)ccc1NC(=O)OCc1ccccc1. The Hall–Kier alpha value is -3.26. The van der Waals surface area contributed by atoms with Crippen LogP contribution >= 0.6 is 11.8 Å². The van der Waals surface area contributed by atoms with Gasteiger partial charge in [0.25, 0.3) is 0 Å². The van der Waals surface area contributed by atoms with Gasteiger partial charge in [-0.3, -0.25) is 15.2 Å². The number of carbonyl (C=O) groups excluding carboxylic acids is 2. The fourth-order valence-corrected chi connectivity index (χ4v) is 3.66. The van der Waals surface area contributed by atoms with E-state index in [1.807, 2.05) is 48.5 Å². The van der Waals surface area contributed by atoms with Gasteiger partial charge in [0.15, 0.2) is 0 Å². The summed E-state index contributed by atoms with van der Waals surface area (Å²) in [7, 11) is 3.48. The summed E-state index contributed by atoms with van der Waals surface area (Å²) in [4.78, 5) is 26.6. The quantitative estimate of drug-likeness (QED) is 0.524. The molecule has 8 heteroatoms. The smallest absolute Gasteiger partial charge is 0.411 e. The Morgan fingerprint density at radius 2 is 1.93 bits per heavy atom. The van der Waals surface area contributed by atoms with Gasteiger partial charge < -0.3 is 9.64 Å². The molecular weight excluding hydrogens is 400 g/mol. The van der Waals surface area contributed by atoms with E-state index < -0.39 is 6.09 Å². The number of thioether (sulfide) groups is 1. The van der Waals surface area contributed by atoms with E-state index >= 15 is 0 Å². The van der Waals surface area contributed by atoms with Crippen molar-refractivity contribution in [3.05, 3.63) is 66.5 Å². The van der Waals surface area contributed by atoms with E-state index in [2.05, 4.69) is 15.5 Å². The number of nitrogens with zero attached hydrogens (tertiary/aromatic N) is 2. The van der Waals surface area contributed by atoms with Crippen LogP contribution in [0.2, 0.25) is 0 Å². The van der Waals surface area contributed by atoms with Crippen LogP contribution in [0.1, 0.15) is 12.0 Å². The number of anilines is 1. The van der Waals surface area contributed by atoms with Crippen LogP contribution in [-0.4, -0.2) is 46.9 Å². The van der Waals surface area contributed by atoms with E-state index in [1.165, 1.54) is 11.8 Å². The second kappa shape index (κ2) is 10.5. The fourth-order valence-electron chi connectivity index (χ4n) is 2.67. The van der Waals surface area contributed by atoms with E-state index in [0.29, 0.717) is 17.9 Å². The minimum Gasteiger partial charge on any atom is -0.444 e. The molecule has 2 amide bonds. The van der Waals surface area contributed by atoms with Crippen molar-refractivity contribution >= 4 is 29.4 Å². The second-order valence-electron chi connectivity index (χ2n) is 6.77. The topological polar surface area (TPSA) is 87.3 Å². The summed E-state index contributed by atoms with van der Waals surface area (Å²) in [5.41, 5.74) is 3.47. The van der Waals surface area contributed by atoms with Crippen molar-refractivity contribution in [1.29, 1.82) is 0 Å². The van der Waals surface area contributed by atoms with Gasteiger partial charge in [-0.2, -0.15) is 5.10 Å². The van der Waals surface area contributed by atoms with Gasteiger partial charge in [0.1, 0.15) is 6.61 Å². The van der Waals surface area contributed by atoms with Crippen molar-refractivity contribution in [2.45, 2.75) is 17.9 Å². The zero-order chi connectivity index (χ0) is 21.3. The van der Waals surface area contributed by atoms with Crippen molar-refractivity contribution in [3.8, 4) is 11.1 Å². The summed E-state index contributed by atoms with van der Waals surface area (Å²) in [6, 6.07) is 15.2. The second-order valence-corrected chi connectivity index (χ2v) is 7.91. The van der Waals surface area contributed by atoms with Gasteiger partial charge in [0.05, 0.1) is 11.9 Å². The van der Waals surface area contributed by atoms with E-state index in [0.717, 1.165) is 21.6 Å². The van der Waals surface area contributed by atoms with E-state index in [9.17, 15) is 9.59 Å². The molecule has 0 fully saturated rings. The van der Waals surface area contributed by atoms with Crippen LogP contribution < -0.4 is 5.32 Å². The zero-order valence-corrected chi connectivity index (χ0v) is 17.7. The van der Waals surface area contributed by atoms with Crippen molar-refractivity contribution in [2.75, 3.05) is 25.2 Å². The number of hydrogen-bond acceptors (Lipinski definition) is 5. The third-order valence-electron chi connectivity index (χ3n) is 4.33. The number of hydrogen-bond donors (Lipinski definition) is 2. The number of aromatic nitrogens is 2. The molecule has 0 spiro atoms.